The Bertz CT molecular complexity index is 607. The summed E-state index contributed by atoms with van der Waals surface area (Å²) in [6.45, 7) is 0. The van der Waals surface area contributed by atoms with E-state index in [2.05, 4.69) is 34.7 Å². The fourth-order valence-corrected chi connectivity index (χ4v) is 4.47. The highest BCUT2D eigenvalue weighted by Gasteiger charge is 2.56. The summed E-state index contributed by atoms with van der Waals surface area (Å²) in [5.74, 6) is 0.277. The van der Waals surface area contributed by atoms with Gasteiger partial charge in [-0.2, -0.15) is 0 Å². The van der Waals surface area contributed by atoms with Gasteiger partial charge in [0.25, 0.3) is 0 Å². The zero-order chi connectivity index (χ0) is 13.9. The summed E-state index contributed by atoms with van der Waals surface area (Å²) in [7, 11) is 0. The summed E-state index contributed by atoms with van der Waals surface area (Å²) < 4.78 is 1.04. The highest BCUT2D eigenvalue weighted by molar-refractivity contribution is 14.1. The molecule has 2 amide bonds. The van der Waals surface area contributed by atoms with Gasteiger partial charge in [-0.25, -0.2) is 4.90 Å². The van der Waals surface area contributed by atoms with Crippen molar-refractivity contribution in [3.05, 3.63) is 40.0 Å². The van der Waals surface area contributed by atoms with E-state index in [1.807, 2.05) is 24.3 Å². The lowest BCUT2D eigenvalue weighted by Gasteiger charge is -2.38. The van der Waals surface area contributed by atoms with Crippen LogP contribution < -0.4 is 4.90 Å². The number of carbonyl (C=O) groups excluding carboxylic acids is 2. The molecule has 2 bridgehead atoms. The fraction of sp³-hybridized carbons (Fsp3) is 0.375. The molecule has 4 atom stereocenters. The zero-order valence-corrected chi connectivity index (χ0v) is 13.0. The topological polar surface area (TPSA) is 37.4 Å². The molecule has 102 valence electrons. The van der Waals surface area contributed by atoms with Gasteiger partial charge in [-0.15, -0.1) is 0 Å². The first-order chi connectivity index (χ1) is 9.66. The lowest BCUT2D eigenvalue weighted by atomic mass is 9.63. The summed E-state index contributed by atoms with van der Waals surface area (Å²) in [6, 6.07) is 7.62. The van der Waals surface area contributed by atoms with Crippen LogP contribution in [0.4, 0.5) is 5.69 Å². The predicted molar refractivity (Wildman–Crippen MR) is 84.0 cm³/mol. The number of fused-ring (bicyclic) bond motifs is 1. The number of nitrogens with zero attached hydrogens (tertiary/aromatic N) is 1. The van der Waals surface area contributed by atoms with Crippen molar-refractivity contribution in [2.24, 2.45) is 23.7 Å². The number of hydrogen-bond acceptors (Lipinski definition) is 2. The first kappa shape index (κ1) is 12.6. The van der Waals surface area contributed by atoms with Crippen molar-refractivity contribution >= 4 is 40.1 Å². The number of rotatable bonds is 1. The van der Waals surface area contributed by atoms with E-state index < -0.39 is 0 Å². The lowest BCUT2D eigenvalue weighted by Crippen LogP contribution is -2.38. The number of carbonyl (C=O) groups is 2. The highest BCUT2D eigenvalue weighted by Crippen LogP contribution is 2.50. The third kappa shape index (κ3) is 1.63. The van der Waals surface area contributed by atoms with E-state index in [1.165, 1.54) is 4.90 Å². The maximum atomic E-state index is 12.7. The number of amides is 2. The largest absolute Gasteiger partial charge is 0.274 e. The molecule has 20 heavy (non-hydrogen) atoms. The second kappa shape index (κ2) is 4.41. The van der Waals surface area contributed by atoms with Crippen LogP contribution >= 0.6 is 22.6 Å². The Morgan fingerprint density at radius 3 is 2.10 bits per heavy atom. The van der Waals surface area contributed by atoms with E-state index in [-0.39, 0.29) is 35.5 Å². The average Bonchev–Trinajstić information content (AvgIpc) is 2.74. The van der Waals surface area contributed by atoms with E-state index in [1.54, 1.807) is 0 Å². The van der Waals surface area contributed by atoms with Gasteiger partial charge in [-0.3, -0.25) is 9.59 Å². The Labute approximate surface area is 131 Å². The van der Waals surface area contributed by atoms with Crippen LogP contribution in [-0.4, -0.2) is 11.8 Å². The van der Waals surface area contributed by atoms with Crippen molar-refractivity contribution in [3.63, 3.8) is 0 Å². The van der Waals surface area contributed by atoms with Gasteiger partial charge < -0.3 is 0 Å². The van der Waals surface area contributed by atoms with Crippen molar-refractivity contribution in [2.75, 3.05) is 4.90 Å². The minimum atomic E-state index is -0.121. The van der Waals surface area contributed by atoms with Crippen molar-refractivity contribution < 1.29 is 9.59 Å². The third-order valence-corrected chi connectivity index (χ3v) is 5.50. The van der Waals surface area contributed by atoms with Crippen LogP contribution in [0.25, 0.3) is 0 Å². The molecule has 3 nitrogen and oxygen atoms in total. The van der Waals surface area contributed by atoms with Crippen LogP contribution in [0.2, 0.25) is 0 Å². The van der Waals surface area contributed by atoms with Crippen LogP contribution in [0.15, 0.2) is 36.4 Å². The van der Waals surface area contributed by atoms with Gasteiger partial charge in [0.05, 0.1) is 17.5 Å². The second-order valence-electron chi connectivity index (χ2n) is 5.83. The second-order valence-corrected chi connectivity index (χ2v) is 7.08. The molecule has 2 fully saturated rings. The summed E-state index contributed by atoms with van der Waals surface area (Å²) in [5.41, 5.74) is 0.723. The molecule has 0 spiro atoms. The Kier molecular flexibility index (Phi) is 2.77. The first-order valence-electron chi connectivity index (χ1n) is 6.98. The molecule has 1 saturated carbocycles. The van der Waals surface area contributed by atoms with E-state index in [0.717, 1.165) is 22.1 Å². The molecule has 4 heteroatoms. The van der Waals surface area contributed by atoms with Crippen LogP contribution in [0.5, 0.6) is 0 Å². The van der Waals surface area contributed by atoms with Crippen molar-refractivity contribution in [1.29, 1.82) is 0 Å². The van der Waals surface area contributed by atoms with Gasteiger partial charge in [-0.1, -0.05) is 18.2 Å². The molecule has 4 aliphatic rings. The quantitative estimate of drug-likeness (QED) is 0.428. The maximum Gasteiger partial charge on any atom is 0.238 e. The predicted octanol–water partition coefficient (Wildman–Crippen LogP) is 2.99. The van der Waals surface area contributed by atoms with Gasteiger partial charge >= 0.3 is 0 Å². The minimum absolute atomic E-state index is 0.000972. The number of anilines is 1. The summed E-state index contributed by atoms with van der Waals surface area (Å²) in [4.78, 5) is 26.9. The van der Waals surface area contributed by atoms with E-state index in [9.17, 15) is 9.59 Å². The molecule has 1 aromatic rings. The molecule has 1 heterocycles. The van der Waals surface area contributed by atoms with E-state index in [0.29, 0.717) is 0 Å². The van der Waals surface area contributed by atoms with Gasteiger partial charge in [0.2, 0.25) is 11.8 Å². The van der Waals surface area contributed by atoms with E-state index in [4.69, 9.17) is 0 Å². The molecule has 0 unspecified atom stereocenters. The molecule has 0 aromatic heterocycles. The first-order valence-corrected chi connectivity index (χ1v) is 8.06. The summed E-state index contributed by atoms with van der Waals surface area (Å²) in [5, 5.41) is 0. The van der Waals surface area contributed by atoms with Crippen LogP contribution in [0.3, 0.4) is 0 Å². The van der Waals surface area contributed by atoms with Crippen LogP contribution in [0, 0.1) is 27.2 Å². The molecule has 3 aliphatic carbocycles. The number of hydrogen-bond donors (Lipinski definition) is 0. The Hall–Kier alpha value is -1.17. The number of benzene rings is 1. The number of halogens is 1. The number of allylic oxidation sites excluding steroid dienone is 2. The lowest BCUT2D eigenvalue weighted by molar-refractivity contribution is -0.124. The maximum absolute atomic E-state index is 12.7. The normalized spacial score (nSPS) is 34.8. The SMILES string of the molecule is O=C1[C@@H]2[C@@H](C(=O)N1c1cccc(I)c1)[C@@H]1C=C[C@@H]2CC1. The molecule has 0 N–H and O–H groups in total. The Morgan fingerprint density at radius 1 is 1.00 bits per heavy atom. The average molecular weight is 379 g/mol. The highest BCUT2D eigenvalue weighted by atomic mass is 127. The molecular weight excluding hydrogens is 365 g/mol. The minimum Gasteiger partial charge on any atom is -0.274 e. The zero-order valence-electron chi connectivity index (χ0n) is 10.8. The van der Waals surface area contributed by atoms with Crippen LogP contribution in [0.1, 0.15) is 12.8 Å². The standard InChI is InChI=1S/C16H14INO2/c17-11-2-1-3-12(8-11)18-15(19)13-9-4-5-10(7-6-9)14(13)16(18)20/h1-5,8-10,13-14H,6-7H2/t9-,10-,13+,14+/m1/s1. The summed E-state index contributed by atoms with van der Waals surface area (Å²) in [6.07, 6.45) is 6.39. The van der Waals surface area contributed by atoms with Crippen molar-refractivity contribution in [2.45, 2.75) is 12.8 Å². The smallest absolute Gasteiger partial charge is 0.238 e. The molecule has 1 aliphatic heterocycles. The Morgan fingerprint density at radius 2 is 1.60 bits per heavy atom. The molecule has 1 aromatic carbocycles. The summed E-state index contributed by atoms with van der Waals surface area (Å²) >= 11 is 2.21. The third-order valence-electron chi connectivity index (χ3n) is 4.83. The van der Waals surface area contributed by atoms with Gasteiger partial charge in [-0.05, 0) is 65.5 Å². The number of imide groups is 1. The van der Waals surface area contributed by atoms with Gasteiger partial charge in [0.15, 0.2) is 0 Å². The van der Waals surface area contributed by atoms with Crippen molar-refractivity contribution in [3.8, 4) is 0 Å². The Balaban J connectivity index is 1.77. The fourth-order valence-electron chi connectivity index (χ4n) is 3.94. The molecule has 1 saturated heterocycles. The van der Waals surface area contributed by atoms with Gasteiger partial charge in [0.1, 0.15) is 0 Å². The molecule has 5 rings (SSSR count). The monoisotopic (exact) mass is 379 g/mol. The molecular formula is C16H14INO2. The molecule has 0 radical (unpaired) electrons. The van der Waals surface area contributed by atoms with Gasteiger partial charge in [0, 0.05) is 3.57 Å². The van der Waals surface area contributed by atoms with Crippen molar-refractivity contribution in [1.82, 2.24) is 0 Å². The van der Waals surface area contributed by atoms with E-state index >= 15 is 0 Å². The van der Waals surface area contributed by atoms with Crippen LogP contribution in [-0.2, 0) is 9.59 Å².